The molecule has 0 saturated carbocycles. The van der Waals surface area contributed by atoms with E-state index in [9.17, 15) is 9.18 Å². The summed E-state index contributed by atoms with van der Waals surface area (Å²) in [4.78, 5) is 12.1. The average molecular weight is 430 g/mol. The highest BCUT2D eigenvalue weighted by Gasteiger charge is 2.25. The summed E-state index contributed by atoms with van der Waals surface area (Å²) in [6.45, 7) is 9.42. The molecule has 0 spiro atoms. The summed E-state index contributed by atoms with van der Waals surface area (Å²) in [6.07, 6.45) is 0.0497. The number of nitrogens with zero attached hydrogens (tertiary/aromatic N) is 2. The van der Waals surface area contributed by atoms with Crippen LogP contribution in [0.4, 0.5) is 9.18 Å². The molecule has 1 N–H and O–H groups in total. The molecule has 0 bridgehead atoms. The Labute approximate surface area is 173 Å². The topological polar surface area (TPSA) is 77.2 Å². The van der Waals surface area contributed by atoms with Gasteiger partial charge in [0.15, 0.2) is 0 Å². The van der Waals surface area contributed by atoms with Crippen molar-refractivity contribution in [2.45, 2.75) is 63.7 Å². The first kappa shape index (κ1) is 22.5. The van der Waals surface area contributed by atoms with Crippen LogP contribution in [0, 0.1) is 11.7 Å². The van der Waals surface area contributed by atoms with Gasteiger partial charge in [0, 0.05) is 16.3 Å². The lowest BCUT2D eigenvalue weighted by Crippen LogP contribution is -2.35. The third kappa shape index (κ3) is 6.98. The van der Waals surface area contributed by atoms with Gasteiger partial charge in [-0.15, -0.1) is 10.2 Å². The number of nitrogens with one attached hydrogen (secondary N) is 1. The zero-order chi connectivity index (χ0) is 20.9. The Hall–Kier alpha value is -1.80. The fraction of sp³-hybridized carbons (Fsp3) is 0.526. The van der Waals surface area contributed by atoms with E-state index < -0.39 is 17.7 Å². The van der Waals surface area contributed by atoms with Gasteiger partial charge < -0.3 is 14.5 Å². The molecule has 0 aliphatic rings. The second kappa shape index (κ2) is 9.60. The molecule has 2 rings (SSSR count). The van der Waals surface area contributed by atoms with E-state index in [2.05, 4.69) is 15.5 Å². The molecule has 9 heteroatoms. The van der Waals surface area contributed by atoms with E-state index in [0.717, 1.165) is 0 Å². The van der Waals surface area contributed by atoms with Crippen LogP contribution in [0.5, 0.6) is 0 Å². The van der Waals surface area contributed by atoms with Crippen molar-refractivity contribution in [1.82, 2.24) is 15.5 Å². The summed E-state index contributed by atoms with van der Waals surface area (Å²) in [5.41, 5.74) is -0.235. The molecular weight excluding hydrogens is 405 g/mol. The second-order valence-electron chi connectivity index (χ2n) is 7.72. The average Bonchev–Trinajstić information content (AvgIpc) is 3.00. The first-order chi connectivity index (χ1) is 13.0. The monoisotopic (exact) mass is 429 g/mol. The van der Waals surface area contributed by atoms with Crippen LogP contribution < -0.4 is 5.32 Å². The highest BCUT2D eigenvalue weighted by Crippen LogP contribution is 2.29. The Morgan fingerprint density at radius 1 is 1.36 bits per heavy atom. The predicted octanol–water partition coefficient (Wildman–Crippen LogP) is 5.77. The third-order valence-electron chi connectivity index (χ3n) is 3.52. The maximum absolute atomic E-state index is 13.9. The van der Waals surface area contributed by atoms with Crippen molar-refractivity contribution in [3.05, 3.63) is 40.5 Å². The Kier molecular flexibility index (Phi) is 7.71. The van der Waals surface area contributed by atoms with Crippen molar-refractivity contribution >= 4 is 29.5 Å². The van der Waals surface area contributed by atoms with Crippen molar-refractivity contribution in [3.8, 4) is 0 Å². The van der Waals surface area contributed by atoms with Gasteiger partial charge in [-0.1, -0.05) is 43.3 Å². The molecule has 1 amide bonds. The number of carbonyl (C=O) groups is 1. The minimum atomic E-state index is -0.610. The zero-order valence-electron chi connectivity index (χ0n) is 16.6. The molecule has 1 aromatic carbocycles. The SMILES string of the molecule is CC(C)C[C@H](NC(=O)OC(C)(C)C)c1nnc(SCc2c(F)cccc2Cl)o1. The standard InChI is InChI=1S/C19H25ClFN3O3S/c1-11(2)9-15(22-17(25)27-19(3,4)5)16-23-24-18(26-16)28-10-12-13(20)7-6-8-14(12)21/h6-8,11,15H,9-10H2,1-5H3,(H,22,25)/t15-/m0/s1. The van der Waals surface area contributed by atoms with Crippen LogP contribution >= 0.6 is 23.4 Å². The van der Waals surface area contributed by atoms with E-state index in [0.29, 0.717) is 17.0 Å². The molecule has 2 aromatic rings. The van der Waals surface area contributed by atoms with Crippen LogP contribution in [0.25, 0.3) is 0 Å². The van der Waals surface area contributed by atoms with Gasteiger partial charge in [0.05, 0.1) is 0 Å². The number of hydrogen-bond acceptors (Lipinski definition) is 6. The minimum absolute atomic E-state index is 0.251. The van der Waals surface area contributed by atoms with E-state index in [4.69, 9.17) is 20.8 Å². The van der Waals surface area contributed by atoms with Gasteiger partial charge in [-0.25, -0.2) is 9.18 Å². The lowest BCUT2D eigenvalue weighted by atomic mass is 10.0. The molecule has 0 radical (unpaired) electrons. The highest BCUT2D eigenvalue weighted by atomic mass is 35.5. The van der Waals surface area contributed by atoms with Crippen LogP contribution in [0.2, 0.25) is 5.02 Å². The number of carbonyl (C=O) groups excluding carboxylic acids is 1. The number of thioether (sulfide) groups is 1. The molecule has 0 fully saturated rings. The van der Waals surface area contributed by atoms with E-state index in [1.165, 1.54) is 17.8 Å². The smallest absolute Gasteiger partial charge is 0.408 e. The number of benzene rings is 1. The Morgan fingerprint density at radius 2 is 2.07 bits per heavy atom. The van der Waals surface area contributed by atoms with Crippen molar-refractivity contribution in [2.75, 3.05) is 0 Å². The van der Waals surface area contributed by atoms with Gasteiger partial charge in [-0.05, 0) is 45.2 Å². The summed E-state index contributed by atoms with van der Waals surface area (Å²) in [5.74, 6) is 0.424. The van der Waals surface area contributed by atoms with E-state index in [-0.39, 0.29) is 28.6 Å². The van der Waals surface area contributed by atoms with Crippen LogP contribution in [0.15, 0.2) is 27.8 Å². The number of ether oxygens (including phenoxy) is 1. The first-order valence-corrected chi connectivity index (χ1v) is 10.3. The molecule has 1 atom stereocenters. The van der Waals surface area contributed by atoms with Gasteiger partial charge >= 0.3 is 6.09 Å². The molecule has 0 aliphatic carbocycles. The maximum Gasteiger partial charge on any atom is 0.408 e. The van der Waals surface area contributed by atoms with Crippen molar-refractivity contribution in [2.24, 2.45) is 5.92 Å². The number of alkyl carbamates (subject to hydrolysis) is 1. The Bertz CT molecular complexity index is 788. The van der Waals surface area contributed by atoms with Crippen molar-refractivity contribution in [1.29, 1.82) is 0 Å². The molecule has 154 valence electrons. The third-order valence-corrected chi connectivity index (χ3v) is 4.72. The quantitative estimate of drug-likeness (QED) is 0.563. The van der Waals surface area contributed by atoms with E-state index in [1.807, 2.05) is 13.8 Å². The van der Waals surface area contributed by atoms with E-state index in [1.54, 1.807) is 32.9 Å². The minimum Gasteiger partial charge on any atom is -0.444 e. The van der Waals surface area contributed by atoms with Crippen molar-refractivity contribution in [3.63, 3.8) is 0 Å². The van der Waals surface area contributed by atoms with Crippen LogP contribution in [-0.4, -0.2) is 21.9 Å². The molecular formula is C19H25ClFN3O3S. The summed E-state index contributed by atoms with van der Waals surface area (Å²) >= 11 is 7.22. The zero-order valence-corrected chi connectivity index (χ0v) is 18.2. The summed E-state index contributed by atoms with van der Waals surface area (Å²) in [7, 11) is 0. The molecule has 1 heterocycles. The summed E-state index contributed by atoms with van der Waals surface area (Å²) in [6, 6.07) is 4.05. The lowest BCUT2D eigenvalue weighted by molar-refractivity contribution is 0.0487. The molecule has 0 saturated heterocycles. The molecule has 28 heavy (non-hydrogen) atoms. The number of hydrogen-bond donors (Lipinski definition) is 1. The van der Waals surface area contributed by atoms with Crippen molar-refractivity contribution < 1.29 is 18.3 Å². The Morgan fingerprint density at radius 3 is 2.68 bits per heavy atom. The van der Waals surface area contributed by atoms with E-state index >= 15 is 0 Å². The number of amides is 1. The normalized spacial score (nSPS) is 12.9. The van der Waals surface area contributed by atoms with Crippen LogP contribution in [0.1, 0.15) is 58.5 Å². The molecule has 1 aromatic heterocycles. The summed E-state index contributed by atoms with van der Waals surface area (Å²) < 4.78 is 24.9. The Balaban J connectivity index is 2.07. The fourth-order valence-corrected chi connectivity index (χ4v) is 3.48. The predicted molar refractivity (Wildman–Crippen MR) is 107 cm³/mol. The molecule has 0 aliphatic heterocycles. The van der Waals surface area contributed by atoms with Crippen LogP contribution in [0.3, 0.4) is 0 Å². The van der Waals surface area contributed by atoms with Gasteiger partial charge in [0.2, 0.25) is 5.89 Å². The van der Waals surface area contributed by atoms with Gasteiger partial charge in [-0.2, -0.15) is 0 Å². The number of halogens is 2. The number of rotatable bonds is 7. The molecule has 6 nitrogen and oxygen atoms in total. The van der Waals surface area contributed by atoms with Gasteiger partial charge in [0.1, 0.15) is 17.5 Å². The first-order valence-electron chi connectivity index (χ1n) is 8.93. The van der Waals surface area contributed by atoms with Crippen LogP contribution in [-0.2, 0) is 10.5 Å². The largest absolute Gasteiger partial charge is 0.444 e. The lowest BCUT2D eigenvalue weighted by Gasteiger charge is -2.22. The summed E-state index contributed by atoms with van der Waals surface area (Å²) in [5, 5.41) is 11.4. The fourth-order valence-electron chi connectivity index (χ4n) is 2.37. The second-order valence-corrected chi connectivity index (χ2v) is 9.06. The highest BCUT2D eigenvalue weighted by molar-refractivity contribution is 7.98. The molecule has 0 unspecified atom stereocenters. The maximum atomic E-state index is 13.9. The number of aromatic nitrogens is 2. The van der Waals surface area contributed by atoms with Gasteiger partial charge in [0.25, 0.3) is 5.22 Å². The van der Waals surface area contributed by atoms with Gasteiger partial charge in [-0.3, -0.25) is 0 Å².